The Morgan fingerprint density at radius 1 is 1.33 bits per heavy atom. The molecule has 0 fully saturated rings. The summed E-state index contributed by atoms with van der Waals surface area (Å²) in [5, 5.41) is 0. The fourth-order valence-corrected chi connectivity index (χ4v) is 3.05. The van der Waals surface area contributed by atoms with Crippen molar-refractivity contribution >= 4 is 5.91 Å². The van der Waals surface area contributed by atoms with E-state index in [1.165, 1.54) is 18.3 Å². The molecule has 24 heavy (non-hydrogen) atoms. The van der Waals surface area contributed by atoms with E-state index in [0.717, 1.165) is 17.5 Å². The largest absolute Gasteiger partial charge is 0.475 e. The molecule has 126 valence electrons. The molecule has 1 aliphatic rings. The summed E-state index contributed by atoms with van der Waals surface area (Å²) in [6, 6.07) is 8.07. The zero-order valence-electron chi connectivity index (χ0n) is 14.1. The topological polar surface area (TPSA) is 42.4 Å². The molecule has 0 saturated carbocycles. The van der Waals surface area contributed by atoms with Gasteiger partial charge in [0.15, 0.2) is 0 Å². The molecule has 0 spiro atoms. The number of rotatable bonds is 3. The van der Waals surface area contributed by atoms with Crippen molar-refractivity contribution in [3.05, 3.63) is 59.0 Å². The van der Waals surface area contributed by atoms with E-state index < -0.39 is 0 Å². The lowest BCUT2D eigenvalue weighted by atomic mass is 9.93. The Labute approximate surface area is 141 Å². The standard InChI is InChI=1S/C19H21FN2O2/c1-12(2)24-18-7-5-15(11-21-18)19(23)22-9-8-14-4-6-16(20)10-17(14)13(22)3/h4-7,10-13H,8-9H2,1-3H3. The third-order valence-corrected chi connectivity index (χ3v) is 4.25. The average molecular weight is 328 g/mol. The summed E-state index contributed by atoms with van der Waals surface area (Å²) in [5.74, 6) is 0.133. The first-order chi connectivity index (χ1) is 11.5. The molecule has 1 unspecified atom stereocenters. The number of hydrogen-bond acceptors (Lipinski definition) is 3. The van der Waals surface area contributed by atoms with Crippen LogP contribution in [-0.2, 0) is 6.42 Å². The monoisotopic (exact) mass is 328 g/mol. The predicted octanol–water partition coefficient (Wildman–Crippen LogP) is 3.77. The van der Waals surface area contributed by atoms with Crippen molar-refractivity contribution in [3.63, 3.8) is 0 Å². The maximum absolute atomic E-state index is 13.5. The molecule has 2 aromatic rings. The van der Waals surface area contributed by atoms with Crippen molar-refractivity contribution in [1.82, 2.24) is 9.88 Å². The number of carbonyl (C=O) groups excluding carboxylic acids is 1. The van der Waals surface area contributed by atoms with Gasteiger partial charge in [0.05, 0.1) is 17.7 Å². The van der Waals surface area contributed by atoms with E-state index in [0.29, 0.717) is 18.0 Å². The molecule has 4 nitrogen and oxygen atoms in total. The van der Waals surface area contributed by atoms with Gasteiger partial charge in [0, 0.05) is 18.8 Å². The molecule has 1 aliphatic heterocycles. The Morgan fingerprint density at radius 2 is 2.12 bits per heavy atom. The third kappa shape index (κ3) is 3.25. The Hall–Kier alpha value is -2.43. The van der Waals surface area contributed by atoms with E-state index in [9.17, 15) is 9.18 Å². The van der Waals surface area contributed by atoms with Gasteiger partial charge in [0.2, 0.25) is 5.88 Å². The highest BCUT2D eigenvalue weighted by molar-refractivity contribution is 5.94. The van der Waals surface area contributed by atoms with E-state index >= 15 is 0 Å². The smallest absolute Gasteiger partial charge is 0.255 e. The van der Waals surface area contributed by atoms with Crippen LogP contribution in [0.4, 0.5) is 4.39 Å². The number of nitrogens with zero attached hydrogens (tertiary/aromatic N) is 2. The van der Waals surface area contributed by atoms with Crippen molar-refractivity contribution in [1.29, 1.82) is 0 Å². The van der Waals surface area contributed by atoms with Crippen LogP contribution in [0.5, 0.6) is 5.88 Å². The van der Waals surface area contributed by atoms with Gasteiger partial charge < -0.3 is 9.64 Å². The maximum Gasteiger partial charge on any atom is 0.255 e. The zero-order valence-corrected chi connectivity index (χ0v) is 14.1. The first-order valence-corrected chi connectivity index (χ1v) is 8.17. The number of ether oxygens (including phenoxy) is 1. The molecule has 5 heteroatoms. The first kappa shape index (κ1) is 16.4. The van der Waals surface area contributed by atoms with Crippen LogP contribution in [0.3, 0.4) is 0 Å². The highest BCUT2D eigenvalue weighted by Gasteiger charge is 2.28. The molecule has 1 amide bonds. The van der Waals surface area contributed by atoms with Gasteiger partial charge in [-0.2, -0.15) is 0 Å². The molecule has 0 radical (unpaired) electrons. The lowest BCUT2D eigenvalue weighted by Crippen LogP contribution is -2.39. The minimum Gasteiger partial charge on any atom is -0.475 e. The van der Waals surface area contributed by atoms with Gasteiger partial charge in [-0.15, -0.1) is 0 Å². The Morgan fingerprint density at radius 3 is 2.79 bits per heavy atom. The summed E-state index contributed by atoms with van der Waals surface area (Å²) < 4.78 is 19.0. The number of fused-ring (bicyclic) bond motifs is 1. The number of carbonyl (C=O) groups is 1. The lowest BCUT2D eigenvalue weighted by Gasteiger charge is -2.35. The molecular formula is C19H21FN2O2. The van der Waals surface area contributed by atoms with Crippen LogP contribution < -0.4 is 4.74 Å². The summed E-state index contributed by atoms with van der Waals surface area (Å²) in [6.07, 6.45) is 2.30. The normalized spacial score (nSPS) is 16.9. The summed E-state index contributed by atoms with van der Waals surface area (Å²) in [4.78, 5) is 18.7. The molecular weight excluding hydrogens is 307 g/mol. The molecule has 3 rings (SSSR count). The van der Waals surface area contributed by atoms with E-state index in [4.69, 9.17) is 4.74 Å². The highest BCUT2D eigenvalue weighted by Crippen LogP contribution is 2.31. The predicted molar refractivity (Wildman–Crippen MR) is 89.6 cm³/mol. The van der Waals surface area contributed by atoms with Crippen molar-refractivity contribution < 1.29 is 13.9 Å². The van der Waals surface area contributed by atoms with Crippen LogP contribution in [0.1, 0.15) is 48.3 Å². The van der Waals surface area contributed by atoms with Crippen LogP contribution in [0, 0.1) is 5.82 Å². The number of hydrogen-bond donors (Lipinski definition) is 0. The molecule has 0 N–H and O–H groups in total. The summed E-state index contributed by atoms with van der Waals surface area (Å²) >= 11 is 0. The quantitative estimate of drug-likeness (QED) is 0.861. The first-order valence-electron chi connectivity index (χ1n) is 8.17. The van der Waals surface area contributed by atoms with Crippen molar-refractivity contribution in [2.45, 2.75) is 39.3 Å². The molecule has 1 aromatic carbocycles. The van der Waals surface area contributed by atoms with Crippen LogP contribution in [0.25, 0.3) is 0 Å². The molecule has 1 atom stereocenters. The molecule has 0 saturated heterocycles. The highest BCUT2D eigenvalue weighted by atomic mass is 19.1. The summed E-state index contributed by atoms with van der Waals surface area (Å²) in [6.45, 7) is 6.39. The SMILES string of the molecule is CC(C)Oc1ccc(C(=O)N2CCc3ccc(F)cc3C2C)cn1. The van der Waals surface area contributed by atoms with Crippen LogP contribution >= 0.6 is 0 Å². The van der Waals surface area contributed by atoms with Crippen molar-refractivity contribution in [3.8, 4) is 5.88 Å². The van der Waals surface area contributed by atoms with Crippen LogP contribution in [0.15, 0.2) is 36.5 Å². The van der Waals surface area contributed by atoms with E-state index in [1.807, 2.05) is 26.8 Å². The molecule has 2 heterocycles. The van der Waals surface area contributed by atoms with E-state index in [2.05, 4.69) is 4.98 Å². The second-order valence-corrected chi connectivity index (χ2v) is 6.32. The van der Waals surface area contributed by atoms with Crippen molar-refractivity contribution in [2.24, 2.45) is 0 Å². The van der Waals surface area contributed by atoms with Crippen LogP contribution in [-0.4, -0.2) is 28.4 Å². The van der Waals surface area contributed by atoms with Crippen LogP contribution in [0.2, 0.25) is 0 Å². The third-order valence-electron chi connectivity index (χ3n) is 4.25. The van der Waals surface area contributed by atoms with Gasteiger partial charge in [-0.1, -0.05) is 6.07 Å². The van der Waals surface area contributed by atoms with Gasteiger partial charge in [0.1, 0.15) is 5.82 Å². The Bertz CT molecular complexity index is 744. The van der Waals surface area contributed by atoms with Gasteiger partial charge in [0.25, 0.3) is 5.91 Å². The van der Waals surface area contributed by atoms with E-state index in [1.54, 1.807) is 17.0 Å². The number of benzene rings is 1. The average Bonchev–Trinajstić information content (AvgIpc) is 2.55. The van der Waals surface area contributed by atoms with Crippen molar-refractivity contribution in [2.75, 3.05) is 6.54 Å². The second-order valence-electron chi connectivity index (χ2n) is 6.32. The van der Waals surface area contributed by atoms with Gasteiger partial charge in [-0.25, -0.2) is 9.37 Å². The zero-order chi connectivity index (χ0) is 17.3. The van der Waals surface area contributed by atoms with Gasteiger partial charge in [-0.3, -0.25) is 4.79 Å². The maximum atomic E-state index is 13.5. The second kappa shape index (κ2) is 6.59. The molecule has 0 aliphatic carbocycles. The Kier molecular flexibility index (Phi) is 4.51. The minimum atomic E-state index is -0.272. The number of halogens is 1. The lowest BCUT2D eigenvalue weighted by molar-refractivity contribution is 0.0676. The Balaban J connectivity index is 1.80. The van der Waals surface area contributed by atoms with Gasteiger partial charge in [-0.05, 0) is 56.5 Å². The number of aromatic nitrogens is 1. The summed E-state index contributed by atoms with van der Waals surface area (Å²) in [5.41, 5.74) is 2.49. The molecule has 0 bridgehead atoms. The number of amides is 1. The minimum absolute atomic E-state index is 0.0348. The fraction of sp³-hybridized carbons (Fsp3) is 0.368. The summed E-state index contributed by atoms with van der Waals surface area (Å²) in [7, 11) is 0. The van der Waals surface area contributed by atoms with E-state index in [-0.39, 0.29) is 23.9 Å². The fourth-order valence-electron chi connectivity index (χ4n) is 3.05. The molecule has 1 aromatic heterocycles. The number of pyridine rings is 1. The van der Waals surface area contributed by atoms with Gasteiger partial charge >= 0.3 is 0 Å².